The highest BCUT2D eigenvalue weighted by atomic mass is 35.5. The summed E-state index contributed by atoms with van der Waals surface area (Å²) in [6.45, 7) is 2.59. The molecule has 0 spiro atoms. The lowest BCUT2D eigenvalue weighted by Gasteiger charge is -2.16. The first-order valence-corrected chi connectivity index (χ1v) is 6.75. The minimum Gasteiger partial charge on any atom is -0.306 e. The molecule has 1 atom stereocenters. The second-order valence-electron chi connectivity index (χ2n) is 4.36. The van der Waals surface area contributed by atoms with Crippen LogP contribution in [0.5, 0.6) is 0 Å². The van der Waals surface area contributed by atoms with Crippen LogP contribution in [0.2, 0.25) is 10.0 Å². The van der Waals surface area contributed by atoms with Crippen molar-refractivity contribution >= 4 is 23.2 Å². The van der Waals surface area contributed by atoms with Crippen LogP contribution in [0.1, 0.15) is 24.1 Å². The Bertz CT molecular complexity index is 572. The van der Waals surface area contributed by atoms with Gasteiger partial charge in [-0.3, -0.25) is 0 Å². The molecule has 0 aliphatic carbocycles. The van der Waals surface area contributed by atoms with Crippen molar-refractivity contribution < 1.29 is 4.39 Å². The Hall–Kier alpha value is -1.09. The van der Waals surface area contributed by atoms with Crippen LogP contribution in [0.3, 0.4) is 0 Å². The highest BCUT2D eigenvalue weighted by Gasteiger charge is 2.09. The first-order valence-electron chi connectivity index (χ1n) is 5.99. The fourth-order valence-electron chi connectivity index (χ4n) is 1.86. The van der Waals surface area contributed by atoms with Crippen molar-refractivity contribution in [3.05, 3.63) is 69.5 Å². The Balaban J connectivity index is 2.04. The number of nitrogens with one attached hydrogen (secondary N) is 1. The van der Waals surface area contributed by atoms with Crippen molar-refractivity contribution in [1.29, 1.82) is 0 Å². The van der Waals surface area contributed by atoms with Gasteiger partial charge in [0, 0.05) is 22.6 Å². The molecule has 0 aromatic heterocycles. The second-order valence-corrected chi connectivity index (χ2v) is 5.17. The minimum absolute atomic E-state index is 0.0924. The van der Waals surface area contributed by atoms with Gasteiger partial charge in [-0.25, -0.2) is 4.39 Å². The van der Waals surface area contributed by atoms with Crippen molar-refractivity contribution in [2.75, 3.05) is 0 Å². The first kappa shape index (κ1) is 14.3. The Morgan fingerprint density at radius 2 is 1.84 bits per heavy atom. The molecular formula is C15H14Cl2FN. The first-order chi connectivity index (χ1) is 9.08. The summed E-state index contributed by atoms with van der Waals surface area (Å²) >= 11 is 12.1. The van der Waals surface area contributed by atoms with Crippen molar-refractivity contribution in [3.8, 4) is 0 Å². The van der Waals surface area contributed by atoms with E-state index < -0.39 is 0 Å². The summed E-state index contributed by atoms with van der Waals surface area (Å²) in [5.74, 6) is -0.326. The zero-order chi connectivity index (χ0) is 13.8. The third-order valence-corrected chi connectivity index (χ3v) is 3.68. The molecule has 0 amide bonds. The Morgan fingerprint density at radius 1 is 1.11 bits per heavy atom. The fourth-order valence-corrected chi connectivity index (χ4v) is 2.40. The van der Waals surface area contributed by atoms with Gasteiger partial charge in [0.1, 0.15) is 5.82 Å². The summed E-state index contributed by atoms with van der Waals surface area (Å²) in [5, 5.41) is 4.48. The molecule has 100 valence electrons. The average molecular weight is 298 g/mol. The molecule has 0 radical (unpaired) electrons. The van der Waals surface area contributed by atoms with Crippen LogP contribution in [-0.4, -0.2) is 0 Å². The van der Waals surface area contributed by atoms with E-state index in [2.05, 4.69) is 5.32 Å². The van der Waals surface area contributed by atoms with E-state index in [9.17, 15) is 4.39 Å². The van der Waals surface area contributed by atoms with E-state index in [1.165, 1.54) is 12.1 Å². The van der Waals surface area contributed by atoms with Crippen molar-refractivity contribution in [3.63, 3.8) is 0 Å². The molecule has 19 heavy (non-hydrogen) atoms. The van der Waals surface area contributed by atoms with Gasteiger partial charge in [-0.2, -0.15) is 0 Å². The predicted octanol–water partition coefficient (Wildman–Crippen LogP) is 4.98. The quantitative estimate of drug-likeness (QED) is 0.839. The van der Waals surface area contributed by atoms with E-state index in [1.54, 1.807) is 6.07 Å². The highest BCUT2D eigenvalue weighted by Crippen LogP contribution is 2.23. The zero-order valence-corrected chi connectivity index (χ0v) is 12.0. The van der Waals surface area contributed by atoms with E-state index in [-0.39, 0.29) is 11.9 Å². The molecular weight excluding hydrogens is 284 g/mol. The summed E-state index contributed by atoms with van der Waals surface area (Å²) in [6, 6.07) is 12.2. The molecule has 2 aromatic carbocycles. The summed E-state index contributed by atoms with van der Waals surface area (Å²) in [4.78, 5) is 0. The van der Waals surface area contributed by atoms with Gasteiger partial charge in [-0.1, -0.05) is 47.5 Å². The van der Waals surface area contributed by atoms with Crippen molar-refractivity contribution in [2.24, 2.45) is 0 Å². The average Bonchev–Trinajstić information content (AvgIpc) is 2.38. The van der Waals surface area contributed by atoms with E-state index in [0.29, 0.717) is 11.6 Å². The summed E-state index contributed by atoms with van der Waals surface area (Å²) in [6.07, 6.45) is 0. The maximum Gasteiger partial charge on any atom is 0.124 e. The van der Waals surface area contributed by atoms with Crippen LogP contribution in [-0.2, 0) is 6.54 Å². The molecule has 2 aromatic rings. The van der Waals surface area contributed by atoms with E-state index in [0.717, 1.165) is 16.1 Å². The van der Waals surface area contributed by atoms with Crippen LogP contribution in [0.15, 0.2) is 42.5 Å². The molecule has 0 heterocycles. The van der Waals surface area contributed by atoms with Crippen LogP contribution >= 0.6 is 23.2 Å². The lowest BCUT2D eigenvalue weighted by atomic mass is 10.1. The van der Waals surface area contributed by atoms with E-state index in [1.807, 2.05) is 31.2 Å². The standard InChI is InChI=1S/C15H14Cl2FN/c1-10(13-4-2-3-5-14(13)16)19-9-11-6-7-12(18)8-15(11)17/h2-8,10,19H,9H2,1H3/t10-/m1/s1. The molecule has 0 bridgehead atoms. The van der Waals surface area contributed by atoms with Gasteiger partial charge in [0.25, 0.3) is 0 Å². The maximum atomic E-state index is 12.9. The zero-order valence-electron chi connectivity index (χ0n) is 10.5. The van der Waals surface area contributed by atoms with Crippen LogP contribution in [0.25, 0.3) is 0 Å². The molecule has 1 N–H and O–H groups in total. The van der Waals surface area contributed by atoms with Crippen molar-refractivity contribution in [1.82, 2.24) is 5.32 Å². The summed E-state index contributed by atoms with van der Waals surface area (Å²) in [5.41, 5.74) is 1.89. The summed E-state index contributed by atoms with van der Waals surface area (Å²) < 4.78 is 12.9. The maximum absolute atomic E-state index is 12.9. The highest BCUT2D eigenvalue weighted by molar-refractivity contribution is 6.31. The number of rotatable bonds is 4. The topological polar surface area (TPSA) is 12.0 Å². The Kier molecular flexibility index (Phi) is 4.81. The molecule has 0 saturated carbocycles. The Morgan fingerprint density at radius 3 is 2.53 bits per heavy atom. The molecule has 1 nitrogen and oxygen atoms in total. The third-order valence-electron chi connectivity index (χ3n) is 2.99. The molecule has 0 aliphatic heterocycles. The molecule has 0 saturated heterocycles. The fraction of sp³-hybridized carbons (Fsp3) is 0.200. The summed E-state index contributed by atoms with van der Waals surface area (Å²) in [7, 11) is 0. The van der Waals surface area contributed by atoms with Crippen molar-refractivity contribution in [2.45, 2.75) is 19.5 Å². The SMILES string of the molecule is C[C@@H](NCc1ccc(F)cc1Cl)c1ccccc1Cl. The minimum atomic E-state index is -0.326. The lowest BCUT2D eigenvalue weighted by Crippen LogP contribution is -2.18. The smallest absolute Gasteiger partial charge is 0.124 e. The number of hydrogen-bond acceptors (Lipinski definition) is 1. The molecule has 4 heteroatoms. The van der Waals surface area contributed by atoms with Crippen LogP contribution < -0.4 is 5.32 Å². The molecule has 2 rings (SSSR count). The monoisotopic (exact) mass is 297 g/mol. The van der Waals surface area contributed by atoms with Crippen LogP contribution in [0.4, 0.5) is 4.39 Å². The second kappa shape index (κ2) is 6.38. The van der Waals surface area contributed by atoms with Gasteiger partial charge >= 0.3 is 0 Å². The largest absolute Gasteiger partial charge is 0.306 e. The molecule has 0 unspecified atom stereocenters. The number of hydrogen-bond donors (Lipinski definition) is 1. The normalized spacial score (nSPS) is 12.4. The Labute approximate surface area is 122 Å². The predicted molar refractivity (Wildman–Crippen MR) is 78.1 cm³/mol. The third kappa shape index (κ3) is 3.69. The number of benzene rings is 2. The van der Waals surface area contributed by atoms with Gasteiger partial charge in [0.2, 0.25) is 0 Å². The van der Waals surface area contributed by atoms with Gasteiger partial charge in [0.15, 0.2) is 0 Å². The van der Waals surface area contributed by atoms with Gasteiger partial charge in [0.05, 0.1) is 0 Å². The lowest BCUT2D eigenvalue weighted by molar-refractivity contribution is 0.573. The van der Waals surface area contributed by atoms with Gasteiger partial charge in [-0.15, -0.1) is 0 Å². The number of halogens is 3. The molecule has 0 aliphatic rings. The van der Waals surface area contributed by atoms with E-state index in [4.69, 9.17) is 23.2 Å². The van der Waals surface area contributed by atoms with Gasteiger partial charge < -0.3 is 5.32 Å². The molecule has 0 fully saturated rings. The van der Waals surface area contributed by atoms with Crippen LogP contribution in [0, 0.1) is 5.82 Å². The van der Waals surface area contributed by atoms with Gasteiger partial charge in [-0.05, 0) is 36.2 Å². The van der Waals surface area contributed by atoms with E-state index >= 15 is 0 Å².